The Bertz CT molecular complexity index is 867. The van der Waals surface area contributed by atoms with Gasteiger partial charge in [-0.1, -0.05) is 24.3 Å². The summed E-state index contributed by atoms with van der Waals surface area (Å²) < 4.78 is 23.0. The molecule has 1 aromatic heterocycles. The van der Waals surface area contributed by atoms with Gasteiger partial charge in [0, 0.05) is 5.56 Å². The number of nitrogens with one attached hydrogen (secondary N) is 1. The van der Waals surface area contributed by atoms with Gasteiger partial charge in [0.15, 0.2) is 9.84 Å². The van der Waals surface area contributed by atoms with Crippen LogP contribution in [0, 0.1) is 6.92 Å². The number of halogens is 1. The highest BCUT2D eigenvalue weighted by molar-refractivity contribution is 7.91. The average molecular weight is 370 g/mol. The minimum atomic E-state index is -3.20. The maximum absolute atomic E-state index is 12.0. The Kier molecular flexibility index (Phi) is 4.55. The van der Waals surface area contributed by atoms with Crippen LogP contribution in [-0.2, 0) is 21.2 Å². The molecular formula is C14H16ClN5O3S. The van der Waals surface area contributed by atoms with Crippen LogP contribution < -0.4 is 5.32 Å². The highest BCUT2D eigenvalue weighted by Crippen LogP contribution is 2.19. The molecule has 0 spiro atoms. The Balaban J connectivity index is 1.65. The van der Waals surface area contributed by atoms with Gasteiger partial charge in [0.25, 0.3) is 0 Å². The van der Waals surface area contributed by atoms with Crippen LogP contribution in [0.2, 0.25) is 0 Å². The van der Waals surface area contributed by atoms with E-state index in [1.807, 2.05) is 31.2 Å². The molecule has 3 rings (SSSR count). The van der Waals surface area contributed by atoms with Gasteiger partial charge in [0.05, 0.1) is 22.9 Å². The molecular weight excluding hydrogens is 354 g/mol. The molecule has 2 aromatic rings. The molecule has 1 aromatic carbocycles. The third-order valence-electron chi connectivity index (χ3n) is 3.75. The number of alkyl halides is 1. The van der Waals surface area contributed by atoms with Crippen LogP contribution in [0.4, 0.5) is 0 Å². The Morgan fingerprint density at radius 3 is 2.79 bits per heavy atom. The fourth-order valence-corrected chi connectivity index (χ4v) is 5.11. The smallest absolute Gasteiger partial charge is 0.243 e. The quantitative estimate of drug-likeness (QED) is 0.770. The van der Waals surface area contributed by atoms with Gasteiger partial charge < -0.3 is 5.32 Å². The molecule has 0 bridgehead atoms. The summed E-state index contributed by atoms with van der Waals surface area (Å²) in [6, 6.07) is 7.00. The first kappa shape index (κ1) is 16.8. The van der Waals surface area contributed by atoms with Crippen LogP contribution in [0.15, 0.2) is 24.3 Å². The third-order valence-corrected chi connectivity index (χ3v) is 6.13. The zero-order chi connectivity index (χ0) is 17.3. The van der Waals surface area contributed by atoms with E-state index in [0.717, 1.165) is 11.1 Å². The summed E-state index contributed by atoms with van der Waals surface area (Å²) in [5.74, 6) is -0.249. The number of aromatic nitrogens is 4. The molecule has 1 saturated heterocycles. The van der Waals surface area contributed by atoms with Crippen molar-refractivity contribution in [2.45, 2.75) is 24.9 Å². The second-order valence-electron chi connectivity index (χ2n) is 5.73. The number of rotatable bonds is 4. The fourth-order valence-electron chi connectivity index (χ4n) is 2.56. The lowest BCUT2D eigenvalue weighted by Gasteiger charge is -2.13. The summed E-state index contributed by atoms with van der Waals surface area (Å²) in [5, 5.41) is 14.0. The van der Waals surface area contributed by atoms with Crippen molar-refractivity contribution in [3.05, 3.63) is 29.8 Å². The SMILES string of the molecule is Cc1ccccc1-c1nnn(CC(=O)N[C@H]2CS(=O)(=O)C[C@@H]2Cl)n1. The summed E-state index contributed by atoms with van der Waals surface area (Å²) in [5.41, 5.74) is 1.84. The Morgan fingerprint density at radius 1 is 1.38 bits per heavy atom. The molecule has 1 fully saturated rings. The molecule has 10 heteroatoms. The van der Waals surface area contributed by atoms with Crippen molar-refractivity contribution in [1.82, 2.24) is 25.5 Å². The second-order valence-corrected chi connectivity index (χ2v) is 8.44. The van der Waals surface area contributed by atoms with E-state index in [2.05, 4.69) is 20.7 Å². The fraction of sp³-hybridized carbons (Fsp3) is 0.429. The third kappa shape index (κ3) is 3.73. The number of hydrogen-bond acceptors (Lipinski definition) is 6. The number of carbonyl (C=O) groups excluding carboxylic acids is 1. The van der Waals surface area contributed by atoms with Crippen molar-refractivity contribution in [3.63, 3.8) is 0 Å². The van der Waals surface area contributed by atoms with Crippen LogP contribution in [-0.4, -0.2) is 57.5 Å². The standard InChI is InChI=1S/C14H16ClN5O3S/c1-9-4-2-3-5-10(9)14-17-19-20(18-14)6-13(21)16-12-8-24(22,23)7-11(12)15/h2-5,11-12H,6-8H2,1H3,(H,16,21)/t11-,12-/m0/s1. The van der Waals surface area contributed by atoms with E-state index in [9.17, 15) is 13.2 Å². The molecule has 2 atom stereocenters. The molecule has 128 valence electrons. The summed E-state index contributed by atoms with van der Waals surface area (Å²) in [4.78, 5) is 13.2. The van der Waals surface area contributed by atoms with Crippen molar-refractivity contribution in [1.29, 1.82) is 0 Å². The van der Waals surface area contributed by atoms with Gasteiger partial charge >= 0.3 is 0 Å². The molecule has 1 aliphatic heterocycles. The van der Waals surface area contributed by atoms with Gasteiger partial charge in [-0.3, -0.25) is 4.79 Å². The van der Waals surface area contributed by atoms with E-state index in [-0.39, 0.29) is 18.1 Å². The first-order valence-corrected chi connectivity index (χ1v) is 9.57. The Morgan fingerprint density at radius 2 is 2.12 bits per heavy atom. The molecule has 0 aliphatic carbocycles. The van der Waals surface area contributed by atoms with Crippen LogP contribution >= 0.6 is 11.6 Å². The highest BCUT2D eigenvalue weighted by atomic mass is 35.5. The number of hydrogen-bond donors (Lipinski definition) is 1. The maximum Gasteiger partial charge on any atom is 0.243 e. The summed E-state index contributed by atoms with van der Waals surface area (Å²) >= 11 is 5.97. The zero-order valence-corrected chi connectivity index (χ0v) is 14.5. The highest BCUT2D eigenvalue weighted by Gasteiger charge is 2.37. The van der Waals surface area contributed by atoms with Crippen molar-refractivity contribution in [2.75, 3.05) is 11.5 Å². The molecule has 0 radical (unpaired) electrons. The van der Waals surface area contributed by atoms with Gasteiger partial charge in [-0.2, -0.15) is 4.80 Å². The molecule has 0 saturated carbocycles. The normalized spacial score (nSPS) is 22.4. The van der Waals surface area contributed by atoms with E-state index < -0.39 is 27.2 Å². The lowest BCUT2D eigenvalue weighted by Crippen LogP contribution is -2.42. The van der Waals surface area contributed by atoms with Gasteiger partial charge in [-0.05, 0) is 17.7 Å². The summed E-state index contributed by atoms with van der Waals surface area (Å²) in [7, 11) is -3.20. The van der Waals surface area contributed by atoms with E-state index in [1.54, 1.807) is 0 Å². The topological polar surface area (TPSA) is 107 Å². The largest absolute Gasteiger partial charge is 0.349 e. The van der Waals surface area contributed by atoms with Crippen molar-refractivity contribution in [3.8, 4) is 11.4 Å². The minimum Gasteiger partial charge on any atom is -0.349 e. The zero-order valence-electron chi connectivity index (χ0n) is 12.9. The van der Waals surface area contributed by atoms with Crippen LogP contribution in [0.1, 0.15) is 5.56 Å². The maximum atomic E-state index is 12.0. The van der Waals surface area contributed by atoms with Crippen LogP contribution in [0.3, 0.4) is 0 Å². The number of nitrogens with zero attached hydrogens (tertiary/aromatic N) is 4. The average Bonchev–Trinajstić information content (AvgIpc) is 3.03. The van der Waals surface area contributed by atoms with Crippen molar-refractivity contribution in [2.24, 2.45) is 0 Å². The Hall–Kier alpha value is -2.00. The molecule has 0 unspecified atom stereocenters. The van der Waals surface area contributed by atoms with Gasteiger partial charge in [-0.25, -0.2) is 8.42 Å². The van der Waals surface area contributed by atoms with E-state index >= 15 is 0 Å². The second kappa shape index (κ2) is 6.48. The number of aryl methyl sites for hydroxylation is 1. The molecule has 2 heterocycles. The van der Waals surface area contributed by atoms with Crippen molar-refractivity contribution < 1.29 is 13.2 Å². The molecule has 8 nitrogen and oxygen atoms in total. The summed E-state index contributed by atoms with van der Waals surface area (Å²) in [6.45, 7) is 1.78. The molecule has 24 heavy (non-hydrogen) atoms. The summed E-state index contributed by atoms with van der Waals surface area (Å²) in [6.07, 6.45) is 0. The Labute approximate surface area is 144 Å². The molecule has 1 N–H and O–H groups in total. The van der Waals surface area contributed by atoms with Gasteiger partial charge in [-0.15, -0.1) is 21.8 Å². The van der Waals surface area contributed by atoms with E-state index in [4.69, 9.17) is 11.6 Å². The number of sulfone groups is 1. The van der Waals surface area contributed by atoms with Crippen molar-refractivity contribution >= 4 is 27.3 Å². The number of tetrazole rings is 1. The first-order valence-electron chi connectivity index (χ1n) is 7.32. The van der Waals surface area contributed by atoms with Crippen LogP contribution in [0.5, 0.6) is 0 Å². The lowest BCUT2D eigenvalue weighted by molar-refractivity contribution is -0.122. The monoisotopic (exact) mass is 369 g/mol. The number of benzene rings is 1. The van der Waals surface area contributed by atoms with Gasteiger partial charge in [0.2, 0.25) is 11.7 Å². The molecule has 1 amide bonds. The lowest BCUT2D eigenvalue weighted by atomic mass is 10.1. The van der Waals surface area contributed by atoms with Gasteiger partial charge in [0.1, 0.15) is 6.54 Å². The van der Waals surface area contributed by atoms with Crippen LogP contribution in [0.25, 0.3) is 11.4 Å². The van der Waals surface area contributed by atoms with E-state index in [1.165, 1.54) is 4.80 Å². The first-order chi connectivity index (χ1) is 11.3. The van der Waals surface area contributed by atoms with E-state index in [0.29, 0.717) is 5.82 Å². The predicted octanol–water partition coefficient (Wildman–Crippen LogP) is 0.169. The number of carbonyl (C=O) groups is 1. The minimum absolute atomic E-state index is 0.126. The number of amides is 1. The molecule has 1 aliphatic rings. The predicted molar refractivity (Wildman–Crippen MR) is 88.2 cm³/mol.